The molecule has 0 saturated heterocycles. The number of anilines is 1. The third kappa shape index (κ3) is 8.23. The van der Waals surface area contributed by atoms with Gasteiger partial charge in [0.25, 0.3) is 0 Å². The van der Waals surface area contributed by atoms with E-state index >= 15 is 0 Å². The maximum Gasteiger partial charge on any atom is 0.332 e. The molecular formula is C45H43FN2O4. The molecular weight excluding hydrogens is 652 g/mol. The molecule has 0 aromatic heterocycles. The maximum atomic E-state index is 14.3. The Labute approximate surface area is 304 Å². The first-order valence-corrected chi connectivity index (χ1v) is 17.4. The van der Waals surface area contributed by atoms with Gasteiger partial charge < -0.3 is 25.6 Å². The molecule has 0 radical (unpaired) electrons. The largest absolute Gasteiger partial charge is 0.497 e. The highest BCUT2D eigenvalue weighted by atomic mass is 19.1. The highest BCUT2D eigenvalue weighted by Crippen LogP contribution is 2.44. The van der Waals surface area contributed by atoms with Crippen LogP contribution < -0.4 is 15.8 Å². The van der Waals surface area contributed by atoms with Gasteiger partial charge in [-0.15, -0.1) is 0 Å². The van der Waals surface area contributed by atoms with Crippen molar-refractivity contribution >= 4 is 11.7 Å². The lowest BCUT2D eigenvalue weighted by Crippen LogP contribution is -2.40. The summed E-state index contributed by atoms with van der Waals surface area (Å²) in [5.74, 6) is -1.00. The van der Waals surface area contributed by atoms with Crippen LogP contribution in [0.25, 0.3) is 0 Å². The Balaban J connectivity index is 1.42. The Morgan fingerprint density at radius 1 is 0.692 bits per heavy atom. The maximum absolute atomic E-state index is 14.3. The number of carbonyl (C=O) groups is 1. The average molecular weight is 695 g/mol. The number of hydrogen-bond donors (Lipinski definition) is 3. The Morgan fingerprint density at radius 2 is 1.19 bits per heavy atom. The minimum atomic E-state index is -1.23. The number of aliphatic carboxylic acids is 1. The summed E-state index contributed by atoms with van der Waals surface area (Å²) in [5, 5.41) is 14.6. The molecule has 0 aliphatic carbocycles. The zero-order valence-corrected chi connectivity index (χ0v) is 29.1. The van der Waals surface area contributed by atoms with Gasteiger partial charge in [0.2, 0.25) is 0 Å². The second-order valence-electron chi connectivity index (χ2n) is 12.8. The van der Waals surface area contributed by atoms with Crippen LogP contribution in [0.15, 0.2) is 164 Å². The molecule has 0 spiro atoms. The molecule has 6 aromatic rings. The Kier molecular flexibility index (Phi) is 11.8. The lowest BCUT2D eigenvalue weighted by molar-refractivity contribution is -0.159. The van der Waals surface area contributed by atoms with Gasteiger partial charge in [0.05, 0.1) is 13.2 Å². The zero-order valence-electron chi connectivity index (χ0n) is 29.1. The van der Waals surface area contributed by atoms with Crippen molar-refractivity contribution in [3.05, 3.63) is 203 Å². The number of halogens is 1. The number of rotatable bonds is 16. The topological polar surface area (TPSA) is 93.8 Å². The van der Waals surface area contributed by atoms with Gasteiger partial charge in [-0.05, 0) is 82.6 Å². The number of benzene rings is 6. The van der Waals surface area contributed by atoms with Crippen LogP contribution in [0.2, 0.25) is 0 Å². The average Bonchev–Trinajstić information content (AvgIpc) is 3.20. The van der Waals surface area contributed by atoms with Crippen molar-refractivity contribution in [3.63, 3.8) is 0 Å². The van der Waals surface area contributed by atoms with Crippen LogP contribution in [0.3, 0.4) is 0 Å². The smallest absolute Gasteiger partial charge is 0.332 e. The predicted molar refractivity (Wildman–Crippen MR) is 204 cm³/mol. The summed E-state index contributed by atoms with van der Waals surface area (Å²) >= 11 is 0. The van der Waals surface area contributed by atoms with Crippen LogP contribution in [0, 0.1) is 5.82 Å². The predicted octanol–water partition coefficient (Wildman–Crippen LogP) is 9.47. The van der Waals surface area contributed by atoms with Gasteiger partial charge in [-0.1, -0.05) is 127 Å². The van der Waals surface area contributed by atoms with E-state index < -0.39 is 17.7 Å². The molecule has 0 aliphatic heterocycles. The van der Waals surface area contributed by atoms with Crippen LogP contribution in [0.4, 0.5) is 10.1 Å². The van der Waals surface area contributed by atoms with Gasteiger partial charge >= 0.3 is 5.97 Å². The molecule has 0 amide bonds. The molecule has 6 aromatic carbocycles. The monoisotopic (exact) mass is 694 g/mol. The van der Waals surface area contributed by atoms with Crippen molar-refractivity contribution in [1.82, 2.24) is 0 Å². The minimum Gasteiger partial charge on any atom is -0.497 e. The molecule has 6 nitrogen and oxygen atoms in total. The summed E-state index contributed by atoms with van der Waals surface area (Å²) in [4.78, 5) is 13.3. The molecule has 52 heavy (non-hydrogen) atoms. The number of hydrogen-bond acceptors (Lipinski definition) is 5. The van der Waals surface area contributed by atoms with E-state index in [0.717, 1.165) is 39.1 Å². The summed E-state index contributed by atoms with van der Waals surface area (Å²) in [6.45, 7) is 0.424. The first kappa shape index (κ1) is 36.0. The summed E-state index contributed by atoms with van der Waals surface area (Å²) in [7, 11) is 1.62. The third-order valence-corrected chi connectivity index (χ3v) is 9.56. The normalized spacial score (nSPS) is 13.1. The Bertz CT molecular complexity index is 1890. The molecule has 0 aliphatic rings. The van der Waals surface area contributed by atoms with E-state index in [9.17, 15) is 14.3 Å². The highest BCUT2D eigenvalue weighted by Gasteiger charge is 2.42. The van der Waals surface area contributed by atoms with E-state index in [4.69, 9.17) is 15.2 Å². The summed E-state index contributed by atoms with van der Waals surface area (Å²) in [5.41, 5.74) is 10.8. The number of nitrogens with one attached hydrogen (secondary N) is 1. The van der Waals surface area contributed by atoms with E-state index in [1.54, 1.807) is 19.2 Å². The lowest BCUT2D eigenvalue weighted by Gasteiger charge is -2.38. The van der Waals surface area contributed by atoms with Crippen LogP contribution in [0.5, 0.6) is 5.75 Å². The van der Waals surface area contributed by atoms with Crippen molar-refractivity contribution < 1.29 is 23.8 Å². The van der Waals surface area contributed by atoms with Crippen molar-refractivity contribution in [1.29, 1.82) is 0 Å². The molecule has 0 heterocycles. The first-order valence-electron chi connectivity index (χ1n) is 17.4. The fraction of sp³-hybridized carbons (Fsp3) is 0.178. The van der Waals surface area contributed by atoms with Crippen LogP contribution in [0.1, 0.15) is 58.2 Å². The third-order valence-electron chi connectivity index (χ3n) is 9.56. The number of carboxylic acid groups (broad SMARTS) is 1. The van der Waals surface area contributed by atoms with Crippen molar-refractivity contribution in [2.45, 2.75) is 43.1 Å². The van der Waals surface area contributed by atoms with Crippen molar-refractivity contribution in [2.24, 2.45) is 5.73 Å². The zero-order chi connectivity index (χ0) is 36.3. The molecule has 7 heteroatoms. The van der Waals surface area contributed by atoms with Gasteiger partial charge in [-0.25, -0.2) is 9.18 Å². The van der Waals surface area contributed by atoms with E-state index in [2.05, 4.69) is 5.32 Å². The fourth-order valence-electron chi connectivity index (χ4n) is 6.88. The number of nitrogens with two attached hydrogens (primary N) is 1. The molecule has 4 N–H and O–H groups in total. The van der Waals surface area contributed by atoms with Gasteiger partial charge in [0.15, 0.2) is 6.10 Å². The summed E-state index contributed by atoms with van der Waals surface area (Å²) < 4.78 is 26.8. The number of methoxy groups -OCH3 is 1. The molecule has 1 unspecified atom stereocenters. The first-order chi connectivity index (χ1) is 25.4. The van der Waals surface area contributed by atoms with Gasteiger partial charge in [0, 0.05) is 18.2 Å². The van der Waals surface area contributed by atoms with E-state index in [0.29, 0.717) is 18.7 Å². The molecule has 3 atom stereocenters. The standard InChI is InChI=1S/C45H43FN2O4/c1-51-40-27-21-34(22-28-40)43(48-39-25-17-32(31-47)18-26-39)41(33-19-23-38(46)24-20-33)29-30-42(44(49)50)52-45(35-11-5-2-6-12-35,36-13-7-3-8-14-36)37-15-9-4-10-16-37/h2-28,41-43,48H,29-31,47H2,1H3,(H,49,50)/t41-,42+,43?/m0/s1. The Hall–Kier alpha value is -5.76. The molecule has 0 saturated carbocycles. The number of ether oxygens (including phenoxy) is 2. The van der Waals surface area contributed by atoms with Crippen LogP contribution in [-0.4, -0.2) is 24.3 Å². The quantitative estimate of drug-likeness (QED) is 0.0875. The van der Waals surface area contributed by atoms with Crippen molar-refractivity contribution in [3.8, 4) is 5.75 Å². The number of carboxylic acids is 1. The highest BCUT2D eigenvalue weighted by molar-refractivity contribution is 5.72. The van der Waals surface area contributed by atoms with E-state index in [1.807, 2.05) is 140 Å². The second-order valence-corrected chi connectivity index (χ2v) is 12.8. The van der Waals surface area contributed by atoms with Crippen LogP contribution in [-0.2, 0) is 21.7 Å². The minimum absolute atomic E-state index is 0.159. The lowest BCUT2D eigenvalue weighted by atomic mass is 9.79. The molecule has 6 rings (SSSR count). The Morgan fingerprint density at radius 3 is 1.65 bits per heavy atom. The van der Waals surface area contributed by atoms with E-state index in [-0.39, 0.29) is 24.2 Å². The van der Waals surface area contributed by atoms with Gasteiger partial charge in [0.1, 0.15) is 17.2 Å². The second kappa shape index (κ2) is 17.0. The molecule has 0 bridgehead atoms. The summed E-state index contributed by atoms with van der Waals surface area (Å²) in [6, 6.07) is 51.1. The molecule has 264 valence electrons. The summed E-state index contributed by atoms with van der Waals surface area (Å²) in [6.07, 6.45) is -0.669. The SMILES string of the molecule is COc1ccc(C(Nc2ccc(CN)cc2)[C@@H](CC[C@@H](OC(c2ccccc2)(c2ccccc2)c2ccccc2)C(=O)O)c2ccc(F)cc2)cc1. The van der Waals surface area contributed by atoms with Gasteiger partial charge in [-0.3, -0.25) is 0 Å². The van der Waals surface area contributed by atoms with Gasteiger partial charge in [-0.2, -0.15) is 0 Å². The van der Waals surface area contributed by atoms with Crippen LogP contribution >= 0.6 is 0 Å². The van der Waals surface area contributed by atoms with Crippen molar-refractivity contribution in [2.75, 3.05) is 12.4 Å². The van der Waals surface area contributed by atoms with E-state index in [1.165, 1.54) is 12.1 Å². The fourth-order valence-corrected chi connectivity index (χ4v) is 6.88. The molecule has 0 fully saturated rings.